The van der Waals surface area contributed by atoms with Gasteiger partial charge in [-0.3, -0.25) is 9.59 Å². The Morgan fingerprint density at radius 2 is 1.93 bits per heavy atom. The largest absolute Gasteiger partial charge is 0.381 e. The van der Waals surface area contributed by atoms with E-state index in [1.165, 1.54) is 0 Å². The number of nitrogens with one attached hydrogen (secondary N) is 2. The van der Waals surface area contributed by atoms with Crippen LogP contribution in [0.1, 0.15) is 31.4 Å². The van der Waals surface area contributed by atoms with Gasteiger partial charge in [0.2, 0.25) is 5.91 Å². The van der Waals surface area contributed by atoms with E-state index < -0.39 is 11.4 Å². The average molecular weight is 384 g/mol. The van der Waals surface area contributed by atoms with E-state index in [2.05, 4.69) is 10.7 Å². The minimum atomic E-state index is -1.04. The van der Waals surface area contributed by atoms with Crippen LogP contribution >= 0.6 is 0 Å². The van der Waals surface area contributed by atoms with E-state index in [9.17, 15) is 9.59 Å². The third kappa shape index (κ3) is 2.72. The van der Waals surface area contributed by atoms with Crippen LogP contribution in [0, 0.1) is 17.8 Å². The zero-order valence-electron chi connectivity index (χ0n) is 16.5. The van der Waals surface area contributed by atoms with Crippen molar-refractivity contribution in [1.29, 1.82) is 0 Å². The maximum atomic E-state index is 12.9. The van der Waals surface area contributed by atoms with Crippen molar-refractivity contribution in [3.8, 4) is 0 Å². The molecule has 3 unspecified atom stereocenters. The lowest BCUT2D eigenvalue weighted by atomic mass is 9.84. The van der Waals surface area contributed by atoms with E-state index in [4.69, 9.17) is 10.5 Å². The third-order valence-electron chi connectivity index (χ3n) is 6.78. The summed E-state index contributed by atoms with van der Waals surface area (Å²) in [5.41, 5.74) is 9.61. The summed E-state index contributed by atoms with van der Waals surface area (Å²) in [6, 6.07) is 9.78. The van der Waals surface area contributed by atoms with Crippen molar-refractivity contribution in [2.24, 2.45) is 23.5 Å². The van der Waals surface area contributed by atoms with Gasteiger partial charge in [-0.25, -0.2) is 0 Å². The minimum absolute atomic E-state index is 0.0808. The van der Waals surface area contributed by atoms with Gasteiger partial charge in [0.05, 0.1) is 12.1 Å². The zero-order chi connectivity index (χ0) is 20.1. The Bertz CT molecular complexity index is 799. The van der Waals surface area contributed by atoms with E-state index in [1.807, 2.05) is 42.3 Å². The Kier molecular flexibility index (Phi) is 4.67. The van der Waals surface area contributed by atoms with Crippen molar-refractivity contribution in [3.05, 3.63) is 47.7 Å². The molecule has 28 heavy (non-hydrogen) atoms. The highest BCUT2D eigenvalue weighted by Gasteiger charge is 2.70. The number of primary amides is 1. The Balaban J connectivity index is 1.72. The molecule has 4 N–H and O–H groups in total. The Morgan fingerprint density at radius 3 is 2.46 bits per heavy atom. The maximum Gasteiger partial charge on any atom is 0.268 e. The van der Waals surface area contributed by atoms with Gasteiger partial charge in [-0.05, 0) is 49.2 Å². The fraction of sp³-hybridized carbons (Fsp3) is 0.524. The third-order valence-corrected chi connectivity index (χ3v) is 6.78. The molecule has 2 fully saturated rings. The van der Waals surface area contributed by atoms with Gasteiger partial charge in [-0.1, -0.05) is 30.3 Å². The molecule has 0 spiro atoms. The van der Waals surface area contributed by atoms with E-state index in [-0.39, 0.29) is 24.0 Å². The number of carbonyl (C=O) groups is 2. The highest BCUT2D eigenvalue weighted by atomic mass is 16.5. The van der Waals surface area contributed by atoms with Gasteiger partial charge < -0.3 is 21.2 Å². The molecule has 0 aromatic heterocycles. The Hall–Kier alpha value is -2.38. The minimum Gasteiger partial charge on any atom is -0.381 e. The number of amides is 2. The molecule has 0 bridgehead atoms. The van der Waals surface area contributed by atoms with Crippen LogP contribution in [0.4, 0.5) is 0 Å². The lowest BCUT2D eigenvalue weighted by Gasteiger charge is -2.40. The highest BCUT2D eigenvalue weighted by molar-refractivity contribution is 5.97. The van der Waals surface area contributed by atoms with Gasteiger partial charge >= 0.3 is 0 Å². The van der Waals surface area contributed by atoms with Crippen LogP contribution < -0.4 is 16.5 Å². The van der Waals surface area contributed by atoms with Gasteiger partial charge in [-0.2, -0.15) is 5.01 Å². The summed E-state index contributed by atoms with van der Waals surface area (Å²) in [6.45, 7) is 2.02. The normalized spacial score (nSPS) is 34.9. The summed E-state index contributed by atoms with van der Waals surface area (Å²) >= 11 is 0. The molecule has 7 heteroatoms. The Morgan fingerprint density at radius 1 is 1.29 bits per heavy atom. The molecule has 2 saturated carbocycles. The molecule has 1 aliphatic heterocycles. The van der Waals surface area contributed by atoms with Crippen LogP contribution in [0.3, 0.4) is 0 Å². The summed E-state index contributed by atoms with van der Waals surface area (Å²) in [4.78, 5) is 25.3. The topological polar surface area (TPSA) is 96.7 Å². The smallest absolute Gasteiger partial charge is 0.268 e. The number of likely N-dealkylation sites (N-methyl/N-ethyl adjacent to an activating group) is 1. The molecule has 1 heterocycles. The number of hydrogen-bond acceptors (Lipinski definition) is 5. The molecule has 1 aromatic rings. The van der Waals surface area contributed by atoms with E-state index in [0.717, 1.165) is 18.4 Å². The predicted octanol–water partition coefficient (Wildman–Crippen LogP) is 1.09. The monoisotopic (exact) mass is 384 g/mol. The number of benzene rings is 1. The number of rotatable bonds is 6. The Labute approximate surface area is 165 Å². The van der Waals surface area contributed by atoms with Crippen LogP contribution in [0.2, 0.25) is 0 Å². The number of nitrogens with zero attached hydrogens (tertiary/aromatic N) is 1. The highest BCUT2D eigenvalue weighted by Crippen LogP contribution is 2.65. The number of hydrazine groups is 1. The number of nitrogens with two attached hydrogens (primary N) is 1. The van der Waals surface area contributed by atoms with Crippen molar-refractivity contribution in [2.75, 3.05) is 14.2 Å². The van der Waals surface area contributed by atoms with Crippen molar-refractivity contribution < 1.29 is 14.3 Å². The van der Waals surface area contributed by atoms with Crippen molar-refractivity contribution in [2.45, 2.75) is 37.5 Å². The summed E-state index contributed by atoms with van der Waals surface area (Å²) < 4.78 is 5.51. The molecule has 0 radical (unpaired) electrons. The molecule has 2 amide bonds. The molecule has 3 aliphatic rings. The van der Waals surface area contributed by atoms with Gasteiger partial charge in [0.1, 0.15) is 11.2 Å². The molecular formula is C21H28N4O3. The molecule has 6 atom stereocenters. The van der Waals surface area contributed by atoms with Crippen LogP contribution in [0.15, 0.2) is 42.1 Å². The fourth-order valence-electron chi connectivity index (χ4n) is 5.34. The van der Waals surface area contributed by atoms with Crippen molar-refractivity contribution in [1.82, 2.24) is 15.8 Å². The first kappa shape index (κ1) is 19.0. The number of fused-ring (bicyclic) bond motifs is 1. The van der Waals surface area contributed by atoms with Crippen LogP contribution in [-0.2, 0) is 14.3 Å². The molecule has 4 rings (SSSR count). The zero-order valence-corrected chi connectivity index (χ0v) is 16.5. The quantitative estimate of drug-likeness (QED) is 0.682. The second kappa shape index (κ2) is 6.90. The first-order valence-corrected chi connectivity index (χ1v) is 9.82. The van der Waals surface area contributed by atoms with E-state index in [0.29, 0.717) is 17.5 Å². The lowest BCUT2D eigenvalue weighted by molar-refractivity contribution is -0.132. The summed E-state index contributed by atoms with van der Waals surface area (Å²) in [7, 11) is 3.31. The summed E-state index contributed by atoms with van der Waals surface area (Å²) in [6.07, 6.45) is 3.85. The fourth-order valence-corrected chi connectivity index (χ4v) is 5.34. The molecule has 0 saturated heterocycles. The number of ether oxygens (including phenoxy) is 1. The SMILES string of the molecule is CNC(=O)C1=CC(C(N)=O)(C2[C@H]3CC(OC)C[C@@H]23)N([C@@H](C)c2ccccc2)N1. The molecule has 150 valence electrons. The van der Waals surface area contributed by atoms with Crippen LogP contribution in [-0.4, -0.2) is 42.6 Å². The molecular weight excluding hydrogens is 356 g/mol. The summed E-state index contributed by atoms with van der Waals surface area (Å²) in [5.74, 6) is 0.163. The van der Waals surface area contributed by atoms with Gasteiger partial charge in [0.25, 0.3) is 5.91 Å². The molecule has 2 aliphatic carbocycles. The van der Waals surface area contributed by atoms with Gasteiger partial charge in [-0.15, -0.1) is 0 Å². The maximum absolute atomic E-state index is 12.9. The second-order valence-electron chi connectivity index (χ2n) is 8.08. The van der Waals surface area contributed by atoms with E-state index >= 15 is 0 Å². The van der Waals surface area contributed by atoms with E-state index in [1.54, 1.807) is 20.2 Å². The van der Waals surface area contributed by atoms with Crippen LogP contribution in [0.25, 0.3) is 0 Å². The number of hydrogen-bond donors (Lipinski definition) is 3. The summed E-state index contributed by atoms with van der Waals surface area (Å²) in [5, 5.41) is 4.53. The number of carbonyl (C=O) groups excluding carboxylic acids is 2. The van der Waals surface area contributed by atoms with Crippen molar-refractivity contribution in [3.63, 3.8) is 0 Å². The first-order valence-electron chi connectivity index (χ1n) is 9.82. The average Bonchev–Trinajstić information content (AvgIpc) is 3.09. The van der Waals surface area contributed by atoms with Gasteiger partial charge in [0.15, 0.2) is 0 Å². The second-order valence-corrected chi connectivity index (χ2v) is 8.08. The lowest BCUT2D eigenvalue weighted by Crippen LogP contribution is -2.60. The van der Waals surface area contributed by atoms with Crippen molar-refractivity contribution >= 4 is 11.8 Å². The molecule has 7 nitrogen and oxygen atoms in total. The predicted molar refractivity (Wildman–Crippen MR) is 104 cm³/mol. The number of methoxy groups -OCH3 is 1. The van der Waals surface area contributed by atoms with Gasteiger partial charge in [0, 0.05) is 14.2 Å². The first-order chi connectivity index (χ1) is 13.4. The van der Waals surface area contributed by atoms with Crippen LogP contribution in [0.5, 0.6) is 0 Å². The standard InChI is InChI=1S/C21H28N4O3/c1-12(13-7-5-4-6-8-13)25-21(20(22)27,11-17(24-25)19(26)23-2)18-15-9-14(28-3)10-16(15)18/h4-8,11-12,14-16,18,24H,9-10H2,1-3H3,(H2,22,27)(H,23,26)/t12-,14?,15-,16+,18?,21?/m0/s1. The molecule has 1 aromatic carbocycles.